The average molecular weight is 293 g/mol. The van der Waals surface area contributed by atoms with Crippen LogP contribution >= 0.6 is 0 Å². The van der Waals surface area contributed by atoms with Gasteiger partial charge in [-0.3, -0.25) is 0 Å². The van der Waals surface area contributed by atoms with Crippen LogP contribution in [0.1, 0.15) is 30.4 Å². The third kappa shape index (κ3) is 2.65. The predicted molar refractivity (Wildman–Crippen MR) is 77.5 cm³/mol. The van der Waals surface area contributed by atoms with Crippen LogP contribution in [0.2, 0.25) is 0 Å². The Kier molecular flexibility index (Phi) is 4.02. The number of nitrogens with zero attached hydrogens (tertiary/aromatic N) is 2. The third-order valence-electron chi connectivity index (χ3n) is 3.67. The Morgan fingerprint density at radius 1 is 1.40 bits per heavy atom. The van der Waals surface area contributed by atoms with Gasteiger partial charge >= 0.3 is 0 Å². The van der Waals surface area contributed by atoms with Crippen molar-refractivity contribution in [2.45, 2.75) is 44.0 Å². The highest BCUT2D eigenvalue weighted by Gasteiger charge is 2.39. The molecule has 0 unspecified atom stereocenters. The standard InChI is InChI=1S/C14H19N3O2S/c1-10-4-7-13(16)14(11(10)2)20(18,19)17(9-3-8-15)12-5-6-12/h4,7,12H,3,5-6,9,16H2,1-2H3. The summed E-state index contributed by atoms with van der Waals surface area (Å²) >= 11 is 0. The number of anilines is 1. The smallest absolute Gasteiger partial charge is 0.245 e. The second kappa shape index (κ2) is 5.43. The molecule has 2 N–H and O–H groups in total. The normalized spacial score (nSPS) is 15.3. The fourth-order valence-electron chi connectivity index (χ4n) is 2.29. The molecule has 0 aromatic heterocycles. The molecule has 6 heteroatoms. The maximum Gasteiger partial charge on any atom is 0.245 e. The van der Waals surface area contributed by atoms with E-state index in [0.29, 0.717) is 5.56 Å². The summed E-state index contributed by atoms with van der Waals surface area (Å²) in [6.07, 6.45) is 1.91. The van der Waals surface area contributed by atoms with Crippen LogP contribution in [0.4, 0.5) is 5.69 Å². The van der Waals surface area contributed by atoms with Gasteiger partial charge in [0.25, 0.3) is 0 Å². The van der Waals surface area contributed by atoms with E-state index in [0.717, 1.165) is 18.4 Å². The van der Waals surface area contributed by atoms with Crippen molar-refractivity contribution in [3.05, 3.63) is 23.3 Å². The Bertz CT molecular complexity index is 658. The maximum atomic E-state index is 12.9. The molecule has 1 saturated carbocycles. The molecule has 2 rings (SSSR count). The summed E-state index contributed by atoms with van der Waals surface area (Å²) in [7, 11) is -3.64. The number of nitrogen functional groups attached to an aromatic ring is 1. The van der Waals surface area contributed by atoms with E-state index in [9.17, 15) is 8.42 Å². The minimum atomic E-state index is -3.64. The minimum Gasteiger partial charge on any atom is -0.398 e. The molecular weight excluding hydrogens is 274 g/mol. The van der Waals surface area contributed by atoms with Crippen molar-refractivity contribution in [1.82, 2.24) is 4.31 Å². The molecule has 5 nitrogen and oxygen atoms in total. The lowest BCUT2D eigenvalue weighted by Gasteiger charge is -2.23. The van der Waals surface area contributed by atoms with Gasteiger partial charge in [0.05, 0.1) is 11.8 Å². The number of benzene rings is 1. The van der Waals surface area contributed by atoms with E-state index in [1.807, 2.05) is 19.1 Å². The average Bonchev–Trinajstić information content (AvgIpc) is 3.19. The summed E-state index contributed by atoms with van der Waals surface area (Å²) in [6.45, 7) is 3.87. The lowest BCUT2D eigenvalue weighted by atomic mass is 10.1. The van der Waals surface area contributed by atoms with Gasteiger partial charge < -0.3 is 5.73 Å². The fourth-order valence-corrected chi connectivity index (χ4v) is 4.38. The monoisotopic (exact) mass is 293 g/mol. The lowest BCUT2D eigenvalue weighted by Crippen LogP contribution is -2.35. The molecule has 20 heavy (non-hydrogen) atoms. The zero-order valence-electron chi connectivity index (χ0n) is 11.8. The first kappa shape index (κ1) is 14.8. The Morgan fingerprint density at radius 3 is 2.60 bits per heavy atom. The van der Waals surface area contributed by atoms with E-state index in [1.165, 1.54) is 4.31 Å². The second-order valence-corrected chi connectivity index (χ2v) is 7.01. The van der Waals surface area contributed by atoms with Gasteiger partial charge in [0.1, 0.15) is 4.90 Å². The van der Waals surface area contributed by atoms with Gasteiger partial charge in [-0.25, -0.2) is 8.42 Å². The Morgan fingerprint density at radius 2 is 2.05 bits per heavy atom. The van der Waals surface area contributed by atoms with Crippen molar-refractivity contribution >= 4 is 15.7 Å². The topological polar surface area (TPSA) is 87.2 Å². The van der Waals surface area contributed by atoms with Gasteiger partial charge in [0.2, 0.25) is 10.0 Å². The number of aryl methyl sites for hydroxylation is 1. The highest BCUT2D eigenvalue weighted by Crippen LogP contribution is 2.35. The number of rotatable bonds is 5. The molecule has 0 aliphatic heterocycles. The number of hydrogen-bond acceptors (Lipinski definition) is 4. The summed E-state index contributed by atoms with van der Waals surface area (Å²) in [6, 6.07) is 5.48. The Balaban J connectivity index is 2.48. The summed E-state index contributed by atoms with van der Waals surface area (Å²) in [4.78, 5) is 0.197. The van der Waals surface area contributed by atoms with Crippen LogP contribution in [0.5, 0.6) is 0 Å². The summed E-state index contributed by atoms with van der Waals surface area (Å²) in [5.74, 6) is 0. The molecule has 0 atom stereocenters. The molecular formula is C14H19N3O2S. The highest BCUT2D eigenvalue weighted by atomic mass is 32.2. The first-order valence-corrected chi connectivity index (χ1v) is 8.08. The van der Waals surface area contributed by atoms with Crippen molar-refractivity contribution in [2.75, 3.05) is 12.3 Å². The summed E-state index contributed by atoms with van der Waals surface area (Å²) in [5.41, 5.74) is 7.75. The predicted octanol–water partition coefficient (Wildman–Crippen LogP) is 1.95. The zero-order valence-corrected chi connectivity index (χ0v) is 12.6. The number of hydrogen-bond donors (Lipinski definition) is 1. The van der Waals surface area contributed by atoms with Gasteiger partial charge in [0, 0.05) is 19.0 Å². The van der Waals surface area contributed by atoms with Gasteiger partial charge in [-0.05, 0) is 43.9 Å². The van der Waals surface area contributed by atoms with Crippen molar-refractivity contribution in [1.29, 1.82) is 5.26 Å². The zero-order chi connectivity index (χ0) is 14.9. The largest absolute Gasteiger partial charge is 0.398 e. The second-order valence-electron chi connectivity index (χ2n) is 5.18. The molecule has 1 fully saturated rings. The summed E-state index contributed by atoms with van der Waals surface area (Å²) in [5, 5.41) is 8.71. The van der Waals surface area contributed by atoms with Crippen LogP contribution < -0.4 is 5.73 Å². The van der Waals surface area contributed by atoms with Crippen LogP contribution in [0.25, 0.3) is 0 Å². The van der Waals surface area contributed by atoms with Crippen molar-refractivity contribution in [3.8, 4) is 6.07 Å². The number of nitrogens with two attached hydrogens (primary N) is 1. The maximum absolute atomic E-state index is 12.9. The third-order valence-corrected chi connectivity index (χ3v) is 5.83. The molecule has 0 heterocycles. The molecule has 1 aliphatic carbocycles. The van der Waals surface area contributed by atoms with Crippen molar-refractivity contribution < 1.29 is 8.42 Å². The molecule has 0 saturated heterocycles. The molecule has 0 bridgehead atoms. The van der Waals surface area contributed by atoms with E-state index in [4.69, 9.17) is 11.0 Å². The first-order valence-electron chi connectivity index (χ1n) is 6.64. The van der Waals surface area contributed by atoms with Crippen molar-refractivity contribution in [2.24, 2.45) is 0 Å². The van der Waals surface area contributed by atoms with Crippen LogP contribution in [0, 0.1) is 25.2 Å². The molecule has 1 aliphatic rings. The minimum absolute atomic E-state index is 0.0210. The van der Waals surface area contributed by atoms with Gasteiger partial charge in [0.15, 0.2) is 0 Å². The number of nitriles is 1. The highest BCUT2D eigenvalue weighted by molar-refractivity contribution is 7.89. The van der Waals surface area contributed by atoms with E-state index < -0.39 is 10.0 Å². The van der Waals surface area contributed by atoms with E-state index in [1.54, 1.807) is 13.0 Å². The van der Waals surface area contributed by atoms with E-state index in [-0.39, 0.29) is 29.6 Å². The van der Waals surface area contributed by atoms with Gasteiger partial charge in [-0.15, -0.1) is 0 Å². The molecule has 0 amide bonds. The van der Waals surface area contributed by atoms with Crippen LogP contribution in [-0.4, -0.2) is 25.3 Å². The fraction of sp³-hybridized carbons (Fsp3) is 0.500. The quantitative estimate of drug-likeness (QED) is 0.841. The Labute approximate surface area is 120 Å². The van der Waals surface area contributed by atoms with E-state index in [2.05, 4.69) is 0 Å². The lowest BCUT2D eigenvalue weighted by molar-refractivity contribution is 0.411. The van der Waals surface area contributed by atoms with Crippen LogP contribution in [0.3, 0.4) is 0 Å². The molecule has 1 aromatic rings. The SMILES string of the molecule is Cc1ccc(N)c(S(=O)(=O)N(CCC#N)C2CC2)c1C. The molecule has 0 radical (unpaired) electrons. The number of sulfonamides is 1. The molecule has 108 valence electrons. The van der Waals surface area contributed by atoms with Gasteiger partial charge in [-0.1, -0.05) is 6.07 Å². The van der Waals surface area contributed by atoms with Crippen LogP contribution in [-0.2, 0) is 10.0 Å². The first-order chi connectivity index (χ1) is 9.39. The Hall–Kier alpha value is -1.58. The van der Waals surface area contributed by atoms with Crippen LogP contribution in [0.15, 0.2) is 17.0 Å². The molecule has 1 aromatic carbocycles. The molecule has 0 spiro atoms. The van der Waals surface area contributed by atoms with E-state index >= 15 is 0 Å². The van der Waals surface area contributed by atoms with Crippen molar-refractivity contribution in [3.63, 3.8) is 0 Å². The van der Waals surface area contributed by atoms with Gasteiger partial charge in [-0.2, -0.15) is 9.57 Å². The summed E-state index contributed by atoms with van der Waals surface area (Å²) < 4.78 is 27.1.